The van der Waals surface area contributed by atoms with Crippen LogP contribution < -0.4 is 31.4 Å². The third kappa shape index (κ3) is 8.14. The molecule has 0 aliphatic carbocycles. The maximum atomic E-state index is 12.8. The van der Waals surface area contributed by atoms with Crippen LogP contribution in [0.1, 0.15) is 39.7 Å². The standard InChI is InChI=1S/C35H35F3N4O9/c1-48-24-12-8-22(9-13-24)34(21-6-4-3-5-7-21,23-10-14-25(49-2)15-11-23)50-20-28-27(43)18-29(51-28)42-19-26(31(45)41-33(42)47)30(44)39-16-17-40-32(46)35(36,37)38/h3-15,19,27-29,43H,16-18,20H2,1-2H3,(H,39,44)(H,40,46)(H,41,45,47)/t27-,28+,29+/m0/s1. The van der Waals surface area contributed by atoms with Gasteiger partial charge in [0.25, 0.3) is 11.5 Å². The third-order valence-electron chi connectivity index (χ3n) is 8.32. The maximum Gasteiger partial charge on any atom is 0.471 e. The lowest BCUT2D eigenvalue weighted by molar-refractivity contribution is -0.173. The van der Waals surface area contributed by atoms with E-state index >= 15 is 0 Å². The zero-order valence-corrected chi connectivity index (χ0v) is 27.4. The molecule has 2 heterocycles. The molecule has 3 atom stereocenters. The van der Waals surface area contributed by atoms with Gasteiger partial charge in [-0.2, -0.15) is 13.2 Å². The zero-order valence-electron chi connectivity index (χ0n) is 27.4. The number of nitrogens with zero attached hydrogens (tertiary/aromatic N) is 1. The number of aromatic nitrogens is 2. The number of hydrogen-bond donors (Lipinski definition) is 4. The SMILES string of the molecule is COc1ccc(C(OC[C@H]2O[C@@H](n3cc(C(=O)NCCNC(=O)C(F)(F)F)c(=O)[nH]c3=O)C[C@@H]2O)(c2ccccc2)c2ccc(OC)cc2)cc1. The number of aromatic amines is 1. The van der Waals surface area contributed by atoms with Crippen LogP contribution in [0, 0.1) is 0 Å². The molecule has 13 nitrogen and oxygen atoms in total. The van der Waals surface area contributed by atoms with Gasteiger partial charge in [0.15, 0.2) is 0 Å². The first-order valence-corrected chi connectivity index (χ1v) is 15.7. The number of benzene rings is 3. The van der Waals surface area contributed by atoms with Gasteiger partial charge in [0.05, 0.1) is 26.9 Å². The van der Waals surface area contributed by atoms with E-state index in [0.717, 1.165) is 27.5 Å². The molecule has 1 saturated heterocycles. The number of amides is 2. The Bertz CT molecular complexity index is 1880. The molecule has 1 aliphatic heterocycles. The molecule has 0 bridgehead atoms. The number of rotatable bonds is 13. The molecule has 5 rings (SSSR count). The summed E-state index contributed by atoms with van der Waals surface area (Å²) in [4.78, 5) is 51.0. The van der Waals surface area contributed by atoms with Crippen molar-refractivity contribution in [2.24, 2.45) is 0 Å². The van der Waals surface area contributed by atoms with Gasteiger partial charge in [0.2, 0.25) is 0 Å². The fourth-order valence-corrected chi connectivity index (χ4v) is 5.73. The summed E-state index contributed by atoms with van der Waals surface area (Å²) in [5.41, 5.74) is -1.54. The fourth-order valence-electron chi connectivity index (χ4n) is 5.73. The lowest BCUT2D eigenvalue weighted by atomic mass is 9.80. The maximum absolute atomic E-state index is 12.8. The Labute approximate surface area is 288 Å². The lowest BCUT2D eigenvalue weighted by Crippen LogP contribution is -2.43. The van der Waals surface area contributed by atoms with Crippen molar-refractivity contribution in [3.8, 4) is 11.5 Å². The van der Waals surface area contributed by atoms with Gasteiger partial charge >= 0.3 is 17.8 Å². The second-order valence-corrected chi connectivity index (χ2v) is 11.5. The average Bonchev–Trinajstić information content (AvgIpc) is 3.50. The molecule has 2 amide bonds. The molecule has 16 heteroatoms. The van der Waals surface area contributed by atoms with Crippen molar-refractivity contribution in [1.82, 2.24) is 20.2 Å². The van der Waals surface area contributed by atoms with Crippen molar-refractivity contribution in [3.05, 3.63) is 128 Å². The molecule has 270 valence electrons. The smallest absolute Gasteiger partial charge is 0.471 e. The Hall–Kier alpha value is -5.45. The highest BCUT2D eigenvalue weighted by Gasteiger charge is 2.42. The van der Waals surface area contributed by atoms with E-state index < -0.39 is 71.9 Å². The van der Waals surface area contributed by atoms with Crippen LogP contribution in [-0.2, 0) is 19.9 Å². The van der Waals surface area contributed by atoms with Crippen LogP contribution in [0.25, 0.3) is 0 Å². The molecule has 0 spiro atoms. The van der Waals surface area contributed by atoms with Crippen molar-refractivity contribution < 1.29 is 46.8 Å². The molecule has 3 aromatic carbocycles. The predicted molar refractivity (Wildman–Crippen MR) is 176 cm³/mol. The van der Waals surface area contributed by atoms with E-state index in [1.165, 1.54) is 0 Å². The second kappa shape index (κ2) is 15.6. The van der Waals surface area contributed by atoms with Gasteiger partial charge in [-0.05, 0) is 41.0 Å². The van der Waals surface area contributed by atoms with Crippen molar-refractivity contribution in [2.75, 3.05) is 33.9 Å². The molecule has 0 unspecified atom stereocenters. The summed E-state index contributed by atoms with van der Waals surface area (Å²) in [6, 6.07) is 24.0. The van der Waals surface area contributed by atoms with Crippen LogP contribution in [0.4, 0.5) is 13.2 Å². The molecule has 0 radical (unpaired) electrons. The van der Waals surface area contributed by atoms with E-state index in [4.69, 9.17) is 18.9 Å². The van der Waals surface area contributed by atoms with Crippen molar-refractivity contribution in [1.29, 1.82) is 0 Å². The van der Waals surface area contributed by atoms with E-state index in [-0.39, 0.29) is 13.0 Å². The topological polar surface area (TPSA) is 170 Å². The van der Waals surface area contributed by atoms with Gasteiger partial charge in [0.1, 0.15) is 35.0 Å². The summed E-state index contributed by atoms with van der Waals surface area (Å²) in [6.45, 7) is -1.19. The lowest BCUT2D eigenvalue weighted by Gasteiger charge is -2.37. The van der Waals surface area contributed by atoms with E-state index in [0.29, 0.717) is 11.5 Å². The third-order valence-corrected chi connectivity index (χ3v) is 8.32. The molecule has 1 aromatic heterocycles. The molecule has 4 N–H and O–H groups in total. The number of H-pyrrole nitrogens is 1. The molecule has 0 saturated carbocycles. The summed E-state index contributed by atoms with van der Waals surface area (Å²) in [7, 11) is 3.11. The Morgan fingerprint density at radius 1 is 0.882 bits per heavy atom. The van der Waals surface area contributed by atoms with Gasteiger partial charge in [-0.1, -0.05) is 54.6 Å². The summed E-state index contributed by atoms with van der Waals surface area (Å²) in [5, 5.41) is 14.9. The molecule has 51 heavy (non-hydrogen) atoms. The van der Waals surface area contributed by atoms with Crippen LogP contribution in [0.2, 0.25) is 0 Å². The first-order valence-electron chi connectivity index (χ1n) is 15.7. The van der Waals surface area contributed by atoms with Crippen LogP contribution >= 0.6 is 0 Å². The largest absolute Gasteiger partial charge is 0.497 e. The van der Waals surface area contributed by atoms with Crippen LogP contribution in [0.3, 0.4) is 0 Å². The van der Waals surface area contributed by atoms with Gasteiger partial charge < -0.3 is 34.7 Å². The molecule has 4 aromatic rings. The van der Waals surface area contributed by atoms with Gasteiger partial charge in [-0.3, -0.25) is 23.9 Å². The molecular weight excluding hydrogens is 677 g/mol. The number of halogens is 3. The number of aliphatic hydroxyl groups is 1. The average molecular weight is 713 g/mol. The summed E-state index contributed by atoms with van der Waals surface area (Å²) in [6.07, 6.45) is -7.54. The van der Waals surface area contributed by atoms with Crippen molar-refractivity contribution in [3.63, 3.8) is 0 Å². The summed E-state index contributed by atoms with van der Waals surface area (Å²) in [5.74, 6) is -1.95. The first kappa shape index (κ1) is 36.8. The quantitative estimate of drug-likeness (QED) is 0.120. The minimum Gasteiger partial charge on any atom is -0.497 e. The molecule has 1 aliphatic rings. The normalized spacial score (nSPS) is 17.5. The fraction of sp³-hybridized carbons (Fsp3) is 0.314. The summed E-state index contributed by atoms with van der Waals surface area (Å²) >= 11 is 0. The van der Waals surface area contributed by atoms with E-state index in [1.807, 2.05) is 59.6 Å². The van der Waals surface area contributed by atoms with Crippen molar-refractivity contribution >= 4 is 11.8 Å². The number of aliphatic hydroxyl groups excluding tert-OH is 1. The van der Waals surface area contributed by atoms with Crippen LogP contribution in [0.15, 0.2) is 94.6 Å². The number of ether oxygens (including phenoxy) is 4. The number of carbonyl (C=O) groups excluding carboxylic acids is 2. The van der Waals surface area contributed by atoms with Gasteiger partial charge in [-0.15, -0.1) is 0 Å². The van der Waals surface area contributed by atoms with Crippen LogP contribution in [0.5, 0.6) is 11.5 Å². The monoisotopic (exact) mass is 712 g/mol. The minimum atomic E-state index is -5.10. The zero-order chi connectivity index (χ0) is 36.8. The van der Waals surface area contributed by atoms with E-state index in [2.05, 4.69) is 5.32 Å². The number of nitrogens with one attached hydrogen (secondary N) is 3. The number of hydrogen-bond acceptors (Lipinski definition) is 9. The van der Waals surface area contributed by atoms with E-state index in [9.17, 15) is 37.5 Å². The highest BCUT2D eigenvalue weighted by Crippen LogP contribution is 2.42. The number of methoxy groups -OCH3 is 2. The second-order valence-electron chi connectivity index (χ2n) is 11.5. The Morgan fingerprint density at radius 3 is 1.98 bits per heavy atom. The summed E-state index contributed by atoms with van der Waals surface area (Å²) < 4.78 is 61.8. The molecular formula is C35H35F3N4O9. The van der Waals surface area contributed by atoms with Gasteiger partial charge in [-0.25, -0.2) is 4.79 Å². The molecule has 1 fully saturated rings. The Balaban J connectivity index is 1.39. The first-order chi connectivity index (χ1) is 24.4. The predicted octanol–water partition coefficient (Wildman–Crippen LogP) is 2.62. The minimum absolute atomic E-state index is 0.117. The highest BCUT2D eigenvalue weighted by molar-refractivity contribution is 5.93. The Kier molecular flexibility index (Phi) is 11.3. The van der Waals surface area contributed by atoms with Crippen molar-refractivity contribution in [2.45, 2.75) is 36.6 Å². The van der Waals surface area contributed by atoms with Gasteiger partial charge in [0, 0.05) is 25.7 Å². The van der Waals surface area contributed by atoms with Crippen LogP contribution in [-0.4, -0.2) is 78.8 Å². The van der Waals surface area contributed by atoms with E-state index in [1.54, 1.807) is 43.8 Å². The Morgan fingerprint density at radius 2 is 1.43 bits per heavy atom. The highest BCUT2D eigenvalue weighted by atomic mass is 19.4. The number of alkyl halides is 3. The number of carbonyl (C=O) groups is 2.